The molecule has 6 nitrogen and oxygen atoms in total. The summed E-state index contributed by atoms with van der Waals surface area (Å²) in [6.07, 6.45) is 2.14. The molecule has 27 heavy (non-hydrogen) atoms. The third kappa shape index (κ3) is 2.79. The predicted molar refractivity (Wildman–Crippen MR) is 109 cm³/mol. The smallest absolute Gasteiger partial charge is 0.269 e. The van der Waals surface area contributed by atoms with Gasteiger partial charge in [-0.25, -0.2) is 0 Å². The van der Waals surface area contributed by atoms with E-state index >= 15 is 0 Å². The Morgan fingerprint density at radius 3 is 2.30 bits per heavy atom. The van der Waals surface area contributed by atoms with E-state index in [0.717, 1.165) is 29.6 Å². The van der Waals surface area contributed by atoms with Gasteiger partial charge in [0.2, 0.25) is 5.96 Å². The first kappa shape index (κ1) is 17.0. The molecule has 3 aromatic rings. The van der Waals surface area contributed by atoms with Crippen LogP contribution in [0.5, 0.6) is 0 Å². The lowest BCUT2D eigenvalue weighted by Gasteiger charge is -2.29. The van der Waals surface area contributed by atoms with Crippen molar-refractivity contribution in [1.82, 2.24) is 0 Å². The summed E-state index contributed by atoms with van der Waals surface area (Å²) in [4.78, 5) is 14.0. The molecule has 1 N–H and O–H groups in total. The maximum atomic E-state index is 10.8. The molecular weight excluding hydrogens is 340 g/mol. The number of guanidine groups is 1. The zero-order valence-electron chi connectivity index (χ0n) is 15.3. The highest BCUT2D eigenvalue weighted by Crippen LogP contribution is 2.36. The number of nitrogens with one attached hydrogen (secondary N) is 1. The highest BCUT2D eigenvalue weighted by Gasteiger charge is 2.20. The summed E-state index contributed by atoms with van der Waals surface area (Å²) in [5, 5.41) is 21.9. The van der Waals surface area contributed by atoms with E-state index < -0.39 is 4.92 Å². The topological polar surface area (TPSA) is 73.5 Å². The van der Waals surface area contributed by atoms with Crippen LogP contribution in [0.1, 0.15) is 11.1 Å². The maximum Gasteiger partial charge on any atom is 0.269 e. The quantitative estimate of drug-likeness (QED) is 0.326. The second-order valence-electron chi connectivity index (χ2n) is 6.80. The molecule has 3 aromatic carbocycles. The first-order valence-corrected chi connectivity index (χ1v) is 8.81. The van der Waals surface area contributed by atoms with E-state index in [2.05, 4.69) is 30.3 Å². The van der Waals surface area contributed by atoms with Crippen LogP contribution in [0.4, 0.5) is 17.1 Å². The number of anilines is 2. The Bertz CT molecular complexity index is 1050. The van der Waals surface area contributed by atoms with Crippen LogP contribution in [-0.4, -0.2) is 25.0 Å². The van der Waals surface area contributed by atoms with Crippen molar-refractivity contribution in [3.8, 4) is 0 Å². The second-order valence-corrected chi connectivity index (χ2v) is 6.80. The Hall–Kier alpha value is -3.41. The van der Waals surface area contributed by atoms with E-state index in [4.69, 9.17) is 5.41 Å². The van der Waals surface area contributed by atoms with E-state index in [1.807, 2.05) is 11.9 Å². The lowest BCUT2D eigenvalue weighted by Crippen LogP contribution is -2.39. The fraction of sp³-hybridized carbons (Fsp3) is 0.190. The number of rotatable bonds is 3. The van der Waals surface area contributed by atoms with Gasteiger partial charge in [0.05, 0.1) is 10.6 Å². The van der Waals surface area contributed by atoms with Crippen LogP contribution in [0.2, 0.25) is 0 Å². The molecule has 0 saturated carbocycles. The zero-order chi connectivity index (χ0) is 19.1. The Morgan fingerprint density at radius 2 is 1.63 bits per heavy atom. The van der Waals surface area contributed by atoms with Crippen LogP contribution < -0.4 is 9.80 Å². The summed E-state index contributed by atoms with van der Waals surface area (Å²) in [7, 11) is 3.67. The van der Waals surface area contributed by atoms with Gasteiger partial charge in [-0.1, -0.05) is 24.3 Å². The van der Waals surface area contributed by atoms with Crippen LogP contribution in [0.3, 0.4) is 0 Å². The fourth-order valence-electron chi connectivity index (χ4n) is 3.78. The number of non-ortho nitro benzene ring substituents is 1. The molecule has 0 bridgehead atoms. The molecule has 0 aliphatic heterocycles. The van der Waals surface area contributed by atoms with Crippen molar-refractivity contribution in [3.63, 3.8) is 0 Å². The Labute approximate surface area is 157 Å². The standard InChI is InChI=1S/C21H20N4O2/c1-23(16-9-11-17(12-10-16)25(26)27)21(22)24(2)19-13-8-15-7-6-14-4-3-5-18(19)20(14)15/h3-5,8-13,22H,6-7H2,1-2H3. The van der Waals surface area contributed by atoms with Crippen molar-refractivity contribution in [2.24, 2.45) is 0 Å². The zero-order valence-corrected chi connectivity index (χ0v) is 15.3. The second kappa shape index (κ2) is 6.39. The van der Waals surface area contributed by atoms with E-state index in [-0.39, 0.29) is 5.69 Å². The molecule has 1 aliphatic rings. The van der Waals surface area contributed by atoms with Gasteiger partial charge in [0.1, 0.15) is 0 Å². The molecule has 0 amide bonds. The highest BCUT2D eigenvalue weighted by atomic mass is 16.6. The minimum absolute atomic E-state index is 0.0412. The van der Waals surface area contributed by atoms with Gasteiger partial charge < -0.3 is 9.80 Å². The summed E-state index contributed by atoms with van der Waals surface area (Å²) >= 11 is 0. The van der Waals surface area contributed by atoms with Crippen molar-refractivity contribution < 1.29 is 4.92 Å². The Balaban J connectivity index is 1.67. The summed E-state index contributed by atoms with van der Waals surface area (Å²) in [5.74, 6) is 0.294. The number of benzene rings is 3. The first-order valence-electron chi connectivity index (χ1n) is 8.81. The van der Waals surface area contributed by atoms with Crippen LogP contribution in [-0.2, 0) is 12.8 Å². The lowest BCUT2D eigenvalue weighted by atomic mass is 10.0. The van der Waals surface area contributed by atoms with Gasteiger partial charge in [-0.2, -0.15) is 0 Å². The van der Waals surface area contributed by atoms with Crippen molar-refractivity contribution in [1.29, 1.82) is 5.41 Å². The number of aryl methyl sites for hydroxylation is 2. The van der Waals surface area contributed by atoms with Crippen LogP contribution in [0.25, 0.3) is 10.8 Å². The molecule has 0 saturated heterocycles. The molecular formula is C21H20N4O2. The highest BCUT2D eigenvalue weighted by molar-refractivity contribution is 6.10. The predicted octanol–water partition coefficient (Wildman–Crippen LogP) is 4.35. The molecule has 0 unspecified atom stereocenters. The van der Waals surface area contributed by atoms with Crippen LogP contribution in [0, 0.1) is 15.5 Å². The van der Waals surface area contributed by atoms with E-state index in [0.29, 0.717) is 5.96 Å². The molecule has 1 aliphatic carbocycles. The minimum atomic E-state index is -0.423. The molecule has 0 radical (unpaired) electrons. The van der Waals surface area contributed by atoms with Crippen molar-refractivity contribution in [2.75, 3.05) is 23.9 Å². The Morgan fingerprint density at radius 1 is 0.963 bits per heavy atom. The van der Waals surface area contributed by atoms with Gasteiger partial charge in [0.25, 0.3) is 5.69 Å². The van der Waals surface area contributed by atoms with Crippen LogP contribution >= 0.6 is 0 Å². The van der Waals surface area contributed by atoms with Gasteiger partial charge in [-0.05, 0) is 47.6 Å². The fourth-order valence-corrected chi connectivity index (χ4v) is 3.78. The molecule has 136 valence electrons. The van der Waals surface area contributed by atoms with Gasteiger partial charge in [0, 0.05) is 37.3 Å². The van der Waals surface area contributed by atoms with Crippen molar-refractivity contribution in [2.45, 2.75) is 12.8 Å². The number of hydrogen-bond donors (Lipinski definition) is 1. The van der Waals surface area contributed by atoms with Gasteiger partial charge in [-0.3, -0.25) is 15.5 Å². The molecule has 0 fully saturated rings. The van der Waals surface area contributed by atoms with E-state index in [9.17, 15) is 10.1 Å². The molecule has 0 atom stereocenters. The number of hydrogen-bond acceptors (Lipinski definition) is 3. The molecule has 4 rings (SSSR count). The lowest BCUT2D eigenvalue weighted by molar-refractivity contribution is -0.384. The summed E-state index contributed by atoms with van der Waals surface area (Å²) < 4.78 is 0. The van der Waals surface area contributed by atoms with Gasteiger partial charge >= 0.3 is 0 Å². The Kier molecular flexibility index (Phi) is 4.03. The first-order chi connectivity index (χ1) is 13.0. The largest absolute Gasteiger partial charge is 0.316 e. The monoisotopic (exact) mass is 360 g/mol. The number of nitro benzene ring substituents is 1. The molecule has 6 heteroatoms. The van der Waals surface area contributed by atoms with Crippen molar-refractivity contribution >= 4 is 33.8 Å². The summed E-state index contributed by atoms with van der Waals surface area (Å²) in [6, 6.07) is 16.8. The van der Waals surface area contributed by atoms with Crippen LogP contribution in [0.15, 0.2) is 54.6 Å². The minimum Gasteiger partial charge on any atom is -0.316 e. The molecule has 0 aromatic heterocycles. The van der Waals surface area contributed by atoms with E-state index in [1.54, 1.807) is 24.1 Å². The maximum absolute atomic E-state index is 10.8. The third-order valence-electron chi connectivity index (χ3n) is 5.30. The molecule has 0 spiro atoms. The van der Waals surface area contributed by atoms with Gasteiger partial charge in [-0.15, -0.1) is 0 Å². The SMILES string of the molecule is CN(C(=N)N(C)c1ccc2c3c(cccc13)CC2)c1ccc([N+](=O)[O-])cc1. The summed E-state index contributed by atoms with van der Waals surface area (Å²) in [5.41, 5.74) is 4.49. The average Bonchev–Trinajstić information content (AvgIpc) is 3.12. The number of nitrogens with zero attached hydrogens (tertiary/aromatic N) is 3. The van der Waals surface area contributed by atoms with Crippen molar-refractivity contribution in [3.05, 3.63) is 75.8 Å². The molecule has 0 heterocycles. The summed E-state index contributed by atoms with van der Waals surface area (Å²) in [6.45, 7) is 0. The number of nitro groups is 1. The third-order valence-corrected chi connectivity index (χ3v) is 5.30. The van der Waals surface area contributed by atoms with Gasteiger partial charge in [0.15, 0.2) is 0 Å². The van der Waals surface area contributed by atoms with E-state index in [1.165, 1.54) is 28.6 Å². The average molecular weight is 360 g/mol. The normalized spacial score (nSPS) is 12.2.